The molecule has 0 aromatic carbocycles. The molecule has 0 bridgehead atoms. The Hall–Kier alpha value is -1.38. The van der Waals surface area contributed by atoms with Gasteiger partial charge in [0.05, 0.1) is 19.8 Å². The minimum Gasteiger partial charge on any atom is -0.480 e. The lowest BCUT2D eigenvalue weighted by Crippen LogP contribution is -2.54. The first-order chi connectivity index (χ1) is 9.08. The fourth-order valence-electron chi connectivity index (χ4n) is 2.03. The molecule has 2 amide bonds. The number of urea groups is 1. The van der Waals surface area contributed by atoms with Gasteiger partial charge in [-0.25, -0.2) is 4.79 Å². The summed E-state index contributed by atoms with van der Waals surface area (Å²) in [5.74, 6) is -0.873. The third kappa shape index (κ3) is 5.01. The van der Waals surface area contributed by atoms with Crippen LogP contribution in [0.5, 0.6) is 0 Å². The van der Waals surface area contributed by atoms with Gasteiger partial charge in [0, 0.05) is 39.3 Å². The van der Waals surface area contributed by atoms with Gasteiger partial charge in [-0.1, -0.05) is 0 Å². The number of piperazine rings is 1. The molecule has 1 rings (SSSR count). The van der Waals surface area contributed by atoms with Crippen LogP contribution in [0.15, 0.2) is 0 Å². The van der Waals surface area contributed by atoms with E-state index < -0.39 is 5.97 Å². The Morgan fingerprint density at radius 1 is 1.00 bits per heavy atom. The molecule has 0 aromatic rings. The Kier molecular flexibility index (Phi) is 6.54. The van der Waals surface area contributed by atoms with Gasteiger partial charge >= 0.3 is 12.0 Å². The van der Waals surface area contributed by atoms with E-state index in [1.807, 2.05) is 0 Å². The van der Waals surface area contributed by atoms with Crippen LogP contribution < -0.4 is 0 Å². The Morgan fingerprint density at radius 2 is 1.53 bits per heavy atom. The first-order valence-corrected chi connectivity index (χ1v) is 6.28. The third-order valence-corrected chi connectivity index (χ3v) is 3.01. The van der Waals surface area contributed by atoms with Crippen LogP contribution in [0.25, 0.3) is 0 Å². The largest absolute Gasteiger partial charge is 0.480 e. The van der Waals surface area contributed by atoms with Crippen LogP contribution >= 0.6 is 0 Å². The number of hydrogen-bond donors (Lipinski definition) is 3. The molecular formula is C11H21N3O5. The van der Waals surface area contributed by atoms with Crippen molar-refractivity contribution in [1.82, 2.24) is 14.7 Å². The van der Waals surface area contributed by atoms with Crippen LogP contribution in [0.2, 0.25) is 0 Å². The molecule has 0 atom stereocenters. The molecule has 0 aromatic heterocycles. The number of hydrogen-bond acceptors (Lipinski definition) is 5. The molecule has 8 heteroatoms. The van der Waals surface area contributed by atoms with Crippen LogP contribution in [0.3, 0.4) is 0 Å². The minimum absolute atomic E-state index is 0.0149. The van der Waals surface area contributed by atoms with Crippen molar-refractivity contribution >= 4 is 12.0 Å². The van der Waals surface area contributed by atoms with E-state index >= 15 is 0 Å². The SMILES string of the molecule is O=C(O)CN1CCN(C(=O)N(CCO)CCO)CC1. The number of amides is 2. The third-order valence-electron chi connectivity index (χ3n) is 3.01. The second-order valence-corrected chi connectivity index (χ2v) is 4.37. The molecule has 1 fully saturated rings. The van der Waals surface area contributed by atoms with Crippen LogP contribution in [-0.4, -0.2) is 101 Å². The Labute approximate surface area is 111 Å². The van der Waals surface area contributed by atoms with Crippen molar-refractivity contribution in [2.45, 2.75) is 0 Å². The van der Waals surface area contributed by atoms with Gasteiger partial charge in [-0.2, -0.15) is 0 Å². The first-order valence-electron chi connectivity index (χ1n) is 6.28. The number of aliphatic carboxylic acids is 1. The van der Waals surface area contributed by atoms with Crippen molar-refractivity contribution in [3.05, 3.63) is 0 Å². The normalized spacial score (nSPS) is 16.4. The van der Waals surface area contributed by atoms with Crippen LogP contribution in [0.4, 0.5) is 4.79 Å². The second kappa shape index (κ2) is 7.93. The average Bonchev–Trinajstić information content (AvgIpc) is 2.38. The summed E-state index contributed by atoms with van der Waals surface area (Å²) in [6.07, 6.45) is 0. The smallest absolute Gasteiger partial charge is 0.320 e. The van der Waals surface area contributed by atoms with Crippen molar-refractivity contribution < 1.29 is 24.9 Å². The molecule has 19 heavy (non-hydrogen) atoms. The lowest BCUT2D eigenvalue weighted by Gasteiger charge is -2.36. The van der Waals surface area contributed by atoms with Crippen molar-refractivity contribution in [3.8, 4) is 0 Å². The highest BCUT2D eigenvalue weighted by molar-refractivity contribution is 5.74. The second-order valence-electron chi connectivity index (χ2n) is 4.37. The predicted octanol–water partition coefficient (Wildman–Crippen LogP) is -1.90. The highest BCUT2D eigenvalue weighted by atomic mass is 16.4. The van der Waals surface area contributed by atoms with E-state index in [1.165, 1.54) is 4.90 Å². The number of carbonyl (C=O) groups excluding carboxylic acids is 1. The van der Waals surface area contributed by atoms with E-state index in [0.29, 0.717) is 26.2 Å². The summed E-state index contributed by atoms with van der Waals surface area (Å²) in [7, 11) is 0. The van der Waals surface area contributed by atoms with Gasteiger partial charge in [-0.15, -0.1) is 0 Å². The maximum atomic E-state index is 12.1. The lowest BCUT2D eigenvalue weighted by atomic mass is 10.3. The van der Waals surface area contributed by atoms with Gasteiger partial charge in [0.15, 0.2) is 0 Å². The van der Waals surface area contributed by atoms with Gasteiger partial charge < -0.3 is 25.1 Å². The summed E-state index contributed by atoms with van der Waals surface area (Å²) < 4.78 is 0. The van der Waals surface area contributed by atoms with E-state index in [9.17, 15) is 9.59 Å². The highest BCUT2D eigenvalue weighted by Crippen LogP contribution is 2.05. The fourth-order valence-corrected chi connectivity index (χ4v) is 2.03. The molecule has 0 saturated carbocycles. The zero-order chi connectivity index (χ0) is 14.3. The molecule has 8 nitrogen and oxygen atoms in total. The van der Waals surface area contributed by atoms with E-state index in [2.05, 4.69) is 0 Å². The Balaban J connectivity index is 2.44. The topological polar surface area (TPSA) is 105 Å². The van der Waals surface area contributed by atoms with Crippen LogP contribution in [0.1, 0.15) is 0 Å². The van der Waals surface area contributed by atoms with Gasteiger partial charge in [0.1, 0.15) is 0 Å². The van der Waals surface area contributed by atoms with Gasteiger partial charge in [-0.05, 0) is 0 Å². The zero-order valence-electron chi connectivity index (χ0n) is 10.9. The standard InChI is InChI=1S/C11H21N3O5/c15-7-5-14(6-8-16)11(19)13-3-1-12(2-4-13)9-10(17)18/h15-16H,1-9H2,(H,17,18). The molecule has 1 saturated heterocycles. The molecule has 1 aliphatic rings. The summed E-state index contributed by atoms with van der Waals surface area (Å²) in [5.41, 5.74) is 0. The Morgan fingerprint density at radius 3 is 1.95 bits per heavy atom. The summed E-state index contributed by atoms with van der Waals surface area (Å²) in [6.45, 7) is 2.02. The van der Waals surface area contributed by atoms with E-state index in [4.69, 9.17) is 15.3 Å². The zero-order valence-corrected chi connectivity index (χ0v) is 10.9. The number of carboxylic acids is 1. The number of carbonyl (C=O) groups is 2. The van der Waals surface area contributed by atoms with Crippen LogP contribution in [0, 0.1) is 0 Å². The van der Waals surface area contributed by atoms with Crippen molar-refractivity contribution in [1.29, 1.82) is 0 Å². The molecule has 0 unspecified atom stereocenters. The molecule has 0 radical (unpaired) electrons. The van der Waals surface area contributed by atoms with Gasteiger partial charge in [-0.3, -0.25) is 9.69 Å². The number of carboxylic acid groups (broad SMARTS) is 1. The van der Waals surface area contributed by atoms with E-state index in [1.54, 1.807) is 9.80 Å². The van der Waals surface area contributed by atoms with Crippen molar-refractivity contribution in [2.75, 3.05) is 59.0 Å². The average molecular weight is 275 g/mol. The molecule has 110 valence electrons. The molecule has 1 heterocycles. The minimum atomic E-state index is -0.873. The number of nitrogens with zero attached hydrogens (tertiary/aromatic N) is 3. The first kappa shape index (κ1) is 15.7. The fraction of sp³-hybridized carbons (Fsp3) is 0.818. The maximum Gasteiger partial charge on any atom is 0.320 e. The van der Waals surface area contributed by atoms with Gasteiger partial charge in [0.2, 0.25) is 0 Å². The highest BCUT2D eigenvalue weighted by Gasteiger charge is 2.25. The molecule has 1 aliphatic heterocycles. The monoisotopic (exact) mass is 275 g/mol. The van der Waals surface area contributed by atoms with Crippen molar-refractivity contribution in [2.24, 2.45) is 0 Å². The lowest BCUT2D eigenvalue weighted by molar-refractivity contribution is -0.138. The molecule has 3 N–H and O–H groups in total. The van der Waals surface area contributed by atoms with E-state index in [0.717, 1.165) is 0 Å². The summed E-state index contributed by atoms with van der Waals surface area (Å²) in [5, 5.41) is 26.5. The predicted molar refractivity (Wildman–Crippen MR) is 66.8 cm³/mol. The van der Waals surface area contributed by atoms with Crippen molar-refractivity contribution in [3.63, 3.8) is 0 Å². The summed E-state index contributed by atoms with van der Waals surface area (Å²) in [6, 6.07) is -0.224. The summed E-state index contributed by atoms with van der Waals surface area (Å²) >= 11 is 0. The molecule has 0 spiro atoms. The van der Waals surface area contributed by atoms with Crippen LogP contribution in [-0.2, 0) is 4.79 Å². The number of rotatable bonds is 6. The number of aliphatic hydroxyl groups is 2. The quantitative estimate of drug-likeness (QED) is 0.523. The summed E-state index contributed by atoms with van der Waals surface area (Å²) in [4.78, 5) is 27.5. The maximum absolute atomic E-state index is 12.1. The Bertz CT molecular complexity index is 299. The molecule has 0 aliphatic carbocycles. The molecular weight excluding hydrogens is 254 g/mol. The van der Waals surface area contributed by atoms with E-state index in [-0.39, 0.29) is 38.9 Å². The number of aliphatic hydroxyl groups excluding tert-OH is 2. The van der Waals surface area contributed by atoms with Gasteiger partial charge in [0.25, 0.3) is 0 Å².